The first kappa shape index (κ1) is 15.8. The third kappa shape index (κ3) is 3.81. The van der Waals surface area contributed by atoms with E-state index >= 15 is 0 Å². The average Bonchev–Trinajstić information content (AvgIpc) is 3.11. The Morgan fingerprint density at radius 2 is 1.88 bits per heavy atom. The van der Waals surface area contributed by atoms with Crippen molar-refractivity contribution in [3.05, 3.63) is 72.1 Å². The van der Waals surface area contributed by atoms with Crippen molar-refractivity contribution in [3.63, 3.8) is 0 Å². The molecule has 0 spiro atoms. The summed E-state index contributed by atoms with van der Waals surface area (Å²) >= 11 is 0. The highest BCUT2D eigenvalue weighted by Crippen LogP contribution is 2.18. The van der Waals surface area contributed by atoms with Gasteiger partial charge in [0.05, 0.1) is 12.8 Å². The van der Waals surface area contributed by atoms with Gasteiger partial charge in [0.25, 0.3) is 5.91 Å². The summed E-state index contributed by atoms with van der Waals surface area (Å²) in [6.07, 6.45) is 2.24. The molecule has 3 rings (SSSR count). The molecule has 0 fully saturated rings. The Morgan fingerprint density at radius 3 is 2.58 bits per heavy atom. The zero-order valence-corrected chi connectivity index (χ0v) is 13.4. The Balaban J connectivity index is 1.53. The van der Waals surface area contributed by atoms with Gasteiger partial charge in [0.15, 0.2) is 0 Å². The van der Waals surface area contributed by atoms with E-state index in [0.717, 1.165) is 17.0 Å². The number of carbonyl (C=O) groups is 1. The molecule has 1 aromatic heterocycles. The van der Waals surface area contributed by atoms with Gasteiger partial charge in [-0.3, -0.25) is 4.79 Å². The van der Waals surface area contributed by atoms with Crippen LogP contribution >= 0.6 is 0 Å². The molecule has 24 heavy (non-hydrogen) atoms. The number of aromatic nitrogens is 1. The van der Waals surface area contributed by atoms with Crippen LogP contribution in [0.15, 0.2) is 65.3 Å². The number of carbonyl (C=O) groups excluding carboxylic acids is 1. The molecule has 5 nitrogen and oxygen atoms in total. The Labute approximate surface area is 140 Å². The first-order valence-corrected chi connectivity index (χ1v) is 7.68. The van der Waals surface area contributed by atoms with E-state index in [4.69, 9.17) is 9.15 Å². The molecule has 0 aliphatic heterocycles. The van der Waals surface area contributed by atoms with Crippen molar-refractivity contribution in [3.8, 4) is 17.2 Å². The lowest BCUT2D eigenvalue weighted by atomic mass is 10.2. The number of benzene rings is 2. The van der Waals surface area contributed by atoms with Crippen LogP contribution in [0.25, 0.3) is 11.5 Å². The molecule has 0 bridgehead atoms. The normalized spacial score (nSPS) is 10.4. The van der Waals surface area contributed by atoms with E-state index in [1.54, 1.807) is 37.6 Å². The third-order valence-corrected chi connectivity index (χ3v) is 3.59. The monoisotopic (exact) mass is 322 g/mol. The largest absolute Gasteiger partial charge is 0.497 e. The van der Waals surface area contributed by atoms with Crippen molar-refractivity contribution in [2.24, 2.45) is 0 Å². The summed E-state index contributed by atoms with van der Waals surface area (Å²) in [6.45, 7) is 0.492. The van der Waals surface area contributed by atoms with Crippen molar-refractivity contribution in [2.45, 2.75) is 6.42 Å². The van der Waals surface area contributed by atoms with Crippen molar-refractivity contribution in [2.75, 3.05) is 13.7 Å². The second-order valence-corrected chi connectivity index (χ2v) is 5.24. The molecule has 1 amide bonds. The molecule has 5 heteroatoms. The van der Waals surface area contributed by atoms with Crippen LogP contribution in [0.3, 0.4) is 0 Å². The number of rotatable bonds is 6. The SMILES string of the molecule is COc1ccc(C(=O)NCCc2coc(-c3ccccc3)n2)cc1. The van der Waals surface area contributed by atoms with Gasteiger partial charge in [-0.2, -0.15) is 0 Å². The highest BCUT2D eigenvalue weighted by atomic mass is 16.5. The van der Waals surface area contributed by atoms with Crippen LogP contribution in [-0.2, 0) is 6.42 Å². The lowest BCUT2D eigenvalue weighted by Gasteiger charge is -2.05. The van der Waals surface area contributed by atoms with E-state index < -0.39 is 0 Å². The van der Waals surface area contributed by atoms with E-state index in [1.807, 2.05) is 30.3 Å². The summed E-state index contributed by atoms with van der Waals surface area (Å²) in [7, 11) is 1.59. The molecule has 0 unspecified atom stereocenters. The van der Waals surface area contributed by atoms with Crippen LogP contribution < -0.4 is 10.1 Å². The summed E-state index contributed by atoms with van der Waals surface area (Å²) in [4.78, 5) is 16.5. The minimum absolute atomic E-state index is 0.121. The first-order chi connectivity index (χ1) is 11.8. The van der Waals surface area contributed by atoms with Gasteiger partial charge in [0, 0.05) is 24.1 Å². The molecule has 3 aromatic rings. The van der Waals surface area contributed by atoms with Crippen LogP contribution in [0.1, 0.15) is 16.1 Å². The van der Waals surface area contributed by atoms with E-state index in [9.17, 15) is 4.79 Å². The smallest absolute Gasteiger partial charge is 0.251 e. The van der Waals surface area contributed by atoms with Gasteiger partial charge in [-0.15, -0.1) is 0 Å². The van der Waals surface area contributed by atoms with Crippen LogP contribution in [0.5, 0.6) is 5.75 Å². The molecular formula is C19H18N2O3. The van der Waals surface area contributed by atoms with Crippen molar-refractivity contribution in [1.82, 2.24) is 10.3 Å². The summed E-state index contributed by atoms with van der Waals surface area (Å²) in [5.41, 5.74) is 2.34. The third-order valence-electron chi connectivity index (χ3n) is 3.59. The number of hydrogen-bond donors (Lipinski definition) is 1. The summed E-state index contributed by atoms with van der Waals surface area (Å²) < 4.78 is 10.6. The fraction of sp³-hybridized carbons (Fsp3) is 0.158. The zero-order chi connectivity index (χ0) is 16.8. The second kappa shape index (κ2) is 7.46. The van der Waals surface area contributed by atoms with Gasteiger partial charge in [0.1, 0.15) is 12.0 Å². The molecule has 0 saturated heterocycles. The maximum atomic E-state index is 12.1. The Morgan fingerprint density at radius 1 is 1.12 bits per heavy atom. The van der Waals surface area contributed by atoms with Crippen LogP contribution in [0.4, 0.5) is 0 Å². The molecule has 0 atom stereocenters. The Bertz CT molecular complexity index is 795. The molecule has 2 aromatic carbocycles. The number of hydrogen-bond acceptors (Lipinski definition) is 4. The maximum absolute atomic E-state index is 12.1. The first-order valence-electron chi connectivity index (χ1n) is 7.68. The standard InChI is InChI=1S/C19H18N2O3/c1-23-17-9-7-14(8-10-17)18(22)20-12-11-16-13-24-19(21-16)15-5-3-2-4-6-15/h2-10,13H,11-12H2,1H3,(H,20,22). The predicted molar refractivity (Wildman–Crippen MR) is 91.0 cm³/mol. The van der Waals surface area contributed by atoms with E-state index in [1.165, 1.54) is 0 Å². The molecule has 0 aliphatic rings. The minimum atomic E-state index is -0.121. The summed E-state index contributed by atoms with van der Waals surface area (Å²) in [5, 5.41) is 2.87. The van der Waals surface area contributed by atoms with Gasteiger partial charge < -0.3 is 14.5 Å². The number of amides is 1. The lowest BCUT2D eigenvalue weighted by molar-refractivity contribution is 0.0954. The number of nitrogens with zero attached hydrogens (tertiary/aromatic N) is 1. The van der Waals surface area contributed by atoms with Gasteiger partial charge in [0.2, 0.25) is 5.89 Å². The summed E-state index contributed by atoms with van der Waals surface area (Å²) in [6, 6.07) is 16.7. The Kier molecular flexibility index (Phi) is 4.91. The van der Waals surface area contributed by atoms with Crippen molar-refractivity contribution in [1.29, 1.82) is 0 Å². The Hall–Kier alpha value is -3.08. The van der Waals surface area contributed by atoms with E-state index in [-0.39, 0.29) is 5.91 Å². The average molecular weight is 322 g/mol. The molecule has 1 N–H and O–H groups in total. The molecule has 0 radical (unpaired) electrons. The molecular weight excluding hydrogens is 304 g/mol. The number of methoxy groups -OCH3 is 1. The molecule has 0 aliphatic carbocycles. The fourth-order valence-corrected chi connectivity index (χ4v) is 2.28. The van der Waals surface area contributed by atoms with Crippen LogP contribution in [-0.4, -0.2) is 24.5 Å². The van der Waals surface area contributed by atoms with Gasteiger partial charge >= 0.3 is 0 Å². The van der Waals surface area contributed by atoms with Crippen molar-refractivity contribution >= 4 is 5.91 Å². The maximum Gasteiger partial charge on any atom is 0.251 e. The highest BCUT2D eigenvalue weighted by molar-refractivity contribution is 5.94. The second-order valence-electron chi connectivity index (χ2n) is 5.24. The summed E-state index contributed by atoms with van der Waals surface area (Å²) in [5.74, 6) is 1.19. The van der Waals surface area contributed by atoms with Crippen molar-refractivity contribution < 1.29 is 13.9 Å². The quantitative estimate of drug-likeness (QED) is 0.756. The predicted octanol–water partition coefficient (Wildman–Crippen LogP) is 3.32. The molecule has 1 heterocycles. The highest BCUT2D eigenvalue weighted by Gasteiger charge is 2.08. The van der Waals surface area contributed by atoms with Crippen LogP contribution in [0.2, 0.25) is 0 Å². The fourth-order valence-electron chi connectivity index (χ4n) is 2.28. The number of ether oxygens (including phenoxy) is 1. The lowest BCUT2D eigenvalue weighted by Crippen LogP contribution is -2.25. The minimum Gasteiger partial charge on any atom is -0.497 e. The zero-order valence-electron chi connectivity index (χ0n) is 13.4. The molecule has 122 valence electrons. The van der Waals surface area contributed by atoms with Crippen LogP contribution in [0, 0.1) is 0 Å². The van der Waals surface area contributed by atoms with E-state index in [2.05, 4.69) is 10.3 Å². The topological polar surface area (TPSA) is 64.4 Å². The van der Waals surface area contributed by atoms with Gasteiger partial charge in [-0.1, -0.05) is 18.2 Å². The van der Waals surface area contributed by atoms with E-state index in [0.29, 0.717) is 24.4 Å². The number of nitrogens with one attached hydrogen (secondary N) is 1. The number of oxazole rings is 1. The van der Waals surface area contributed by atoms with Gasteiger partial charge in [-0.05, 0) is 36.4 Å². The molecule has 0 saturated carbocycles. The van der Waals surface area contributed by atoms with Gasteiger partial charge in [-0.25, -0.2) is 4.98 Å².